The Kier molecular flexibility index (Phi) is 4.55. The first-order chi connectivity index (χ1) is 8.39. The first-order valence-corrected chi connectivity index (χ1v) is 5.76. The van der Waals surface area contributed by atoms with Crippen LogP contribution in [0, 0.1) is 0 Å². The van der Waals surface area contributed by atoms with E-state index in [2.05, 4.69) is 5.32 Å². The van der Waals surface area contributed by atoms with Crippen LogP contribution < -0.4 is 15.8 Å². The molecule has 5 heteroatoms. The fourth-order valence-corrected chi connectivity index (χ4v) is 1.58. The quantitative estimate of drug-likeness (QED) is 0.687. The number of methoxy groups -OCH3 is 1. The Morgan fingerprint density at radius 1 is 1.50 bits per heavy atom. The number of nitrogens with one attached hydrogen (secondary N) is 1. The van der Waals surface area contributed by atoms with E-state index in [1.54, 1.807) is 18.2 Å². The zero-order valence-electron chi connectivity index (χ0n) is 11.0. The standard InChI is InChI=1S/C13H20N2O3/c1-13(2,6-7-16)15-12(17)10-8-9(18-3)4-5-11(10)14/h4-5,8,16H,6-7,14H2,1-3H3,(H,15,17). The molecular weight excluding hydrogens is 232 g/mol. The largest absolute Gasteiger partial charge is 0.497 e. The molecule has 0 aliphatic rings. The fraction of sp³-hybridized carbons (Fsp3) is 0.462. The van der Waals surface area contributed by atoms with Crippen molar-refractivity contribution < 1.29 is 14.6 Å². The molecule has 0 aromatic heterocycles. The molecule has 0 fully saturated rings. The molecular formula is C13H20N2O3. The number of carbonyl (C=O) groups excluding carboxylic acids is 1. The molecule has 1 rings (SSSR count). The smallest absolute Gasteiger partial charge is 0.253 e. The van der Waals surface area contributed by atoms with Gasteiger partial charge in [-0.2, -0.15) is 0 Å². The SMILES string of the molecule is COc1ccc(N)c(C(=O)NC(C)(C)CCO)c1. The number of nitrogens with two attached hydrogens (primary N) is 1. The molecule has 100 valence electrons. The van der Waals surface area contributed by atoms with Crippen LogP contribution in [0.3, 0.4) is 0 Å². The van der Waals surface area contributed by atoms with Gasteiger partial charge in [0.05, 0.1) is 12.7 Å². The number of amides is 1. The minimum Gasteiger partial charge on any atom is -0.497 e. The normalized spacial score (nSPS) is 11.1. The van der Waals surface area contributed by atoms with Crippen LogP contribution in [0.15, 0.2) is 18.2 Å². The van der Waals surface area contributed by atoms with Crippen LogP contribution in [-0.4, -0.2) is 30.3 Å². The number of rotatable bonds is 5. The van der Waals surface area contributed by atoms with Gasteiger partial charge in [-0.3, -0.25) is 4.79 Å². The number of hydrogen-bond donors (Lipinski definition) is 3. The Morgan fingerprint density at radius 3 is 2.72 bits per heavy atom. The molecule has 0 radical (unpaired) electrons. The van der Waals surface area contributed by atoms with Crippen LogP contribution in [0.4, 0.5) is 5.69 Å². The Morgan fingerprint density at radius 2 is 2.17 bits per heavy atom. The monoisotopic (exact) mass is 252 g/mol. The molecule has 0 saturated heterocycles. The van der Waals surface area contributed by atoms with Crippen molar-refractivity contribution in [2.24, 2.45) is 0 Å². The van der Waals surface area contributed by atoms with Crippen LogP contribution in [-0.2, 0) is 0 Å². The highest BCUT2D eigenvalue weighted by molar-refractivity contribution is 5.99. The predicted octanol–water partition coefficient (Wildman–Crippen LogP) is 1.17. The average Bonchev–Trinajstić information content (AvgIpc) is 2.28. The van der Waals surface area contributed by atoms with Gasteiger partial charge in [-0.25, -0.2) is 0 Å². The van der Waals surface area contributed by atoms with Crippen molar-refractivity contribution in [3.63, 3.8) is 0 Å². The van der Waals surface area contributed by atoms with E-state index in [4.69, 9.17) is 15.6 Å². The third-order valence-corrected chi connectivity index (χ3v) is 2.69. The molecule has 0 aliphatic heterocycles. The zero-order chi connectivity index (χ0) is 13.8. The second-order valence-electron chi connectivity index (χ2n) is 4.76. The molecule has 1 amide bonds. The van der Waals surface area contributed by atoms with Crippen LogP contribution in [0.2, 0.25) is 0 Å². The summed E-state index contributed by atoms with van der Waals surface area (Å²) in [4.78, 5) is 12.1. The lowest BCUT2D eigenvalue weighted by molar-refractivity contribution is 0.0900. The van der Waals surface area contributed by atoms with Gasteiger partial charge in [0.15, 0.2) is 0 Å². The highest BCUT2D eigenvalue weighted by Crippen LogP contribution is 2.20. The van der Waals surface area contributed by atoms with Crippen molar-refractivity contribution in [3.05, 3.63) is 23.8 Å². The number of nitrogen functional groups attached to an aromatic ring is 1. The van der Waals surface area contributed by atoms with Crippen molar-refractivity contribution in [1.29, 1.82) is 0 Å². The Bertz CT molecular complexity index is 430. The van der Waals surface area contributed by atoms with Crippen LogP contribution in [0.25, 0.3) is 0 Å². The molecule has 1 aromatic rings. The van der Waals surface area contributed by atoms with E-state index >= 15 is 0 Å². The minimum absolute atomic E-state index is 0.0148. The summed E-state index contributed by atoms with van der Waals surface area (Å²) in [7, 11) is 1.53. The lowest BCUT2D eigenvalue weighted by Gasteiger charge is -2.25. The highest BCUT2D eigenvalue weighted by atomic mass is 16.5. The van der Waals surface area contributed by atoms with Crippen molar-refractivity contribution in [3.8, 4) is 5.75 Å². The Balaban J connectivity index is 2.90. The summed E-state index contributed by atoms with van der Waals surface area (Å²) in [5, 5.41) is 11.8. The summed E-state index contributed by atoms with van der Waals surface area (Å²) in [6.07, 6.45) is 0.475. The highest BCUT2D eigenvalue weighted by Gasteiger charge is 2.21. The molecule has 0 spiro atoms. The second kappa shape index (κ2) is 5.73. The van der Waals surface area contributed by atoms with E-state index in [0.717, 1.165) is 0 Å². The van der Waals surface area contributed by atoms with Gasteiger partial charge >= 0.3 is 0 Å². The summed E-state index contributed by atoms with van der Waals surface area (Å²) in [6.45, 7) is 3.70. The van der Waals surface area contributed by atoms with Gasteiger partial charge < -0.3 is 20.9 Å². The number of anilines is 1. The first-order valence-electron chi connectivity index (χ1n) is 5.76. The molecule has 1 aromatic carbocycles. The number of aliphatic hydroxyl groups excluding tert-OH is 1. The molecule has 0 heterocycles. The van der Waals surface area contributed by atoms with Gasteiger partial charge in [0.25, 0.3) is 5.91 Å². The number of aliphatic hydroxyl groups is 1. The Labute approximate surface area is 107 Å². The molecule has 0 aliphatic carbocycles. The maximum atomic E-state index is 12.1. The maximum Gasteiger partial charge on any atom is 0.253 e. The van der Waals surface area contributed by atoms with Gasteiger partial charge in [0.1, 0.15) is 5.75 Å². The zero-order valence-corrected chi connectivity index (χ0v) is 11.0. The van der Waals surface area contributed by atoms with E-state index in [9.17, 15) is 4.79 Å². The van der Waals surface area contributed by atoms with E-state index in [-0.39, 0.29) is 12.5 Å². The molecule has 5 nitrogen and oxygen atoms in total. The average molecular weight is 252 g/mol. The Hall–Kier alpha value is -1.75. The summed E-state index contributed by atoms with van der Waals surface area (Å²) < 4.78 is 5.06. The van der Waals surface area contributed by atoms with Crippen molar-refractivity contribution in [2.45, 2.75) is 25.8 Å². The van der Waals surface area contributed by atoms with E-state index in [0.29, 0.717) is 23.4 Å². The van der Waals surface area contributed by atoms with Crippen LogP contribution >= 0.6 is 0 Å². The topological polar surface area (TPSA) is 84.6 Å². The lowest BCUT2D eigenvalue weighted by Crippen LogP contribution is -2.44. The summed E-state index contributed by atoms with van der Waals surface area (Å²) in [5.41, 5.74) is 6.06. The van der Waals surface area contributed by atoms with Crippen LogP contribution in [0.1, 0.15) is 30.6 Å². The number of carbonyl (C=O) groups is 1. The van der Waals surface area contributed by atoms with Crippen LogP contribution in [0.5, 0.6) is 5.75 Å². The molecule has 18 heavy (non-hydrogen) atoms. The number of benzene rings is 1. The summed E-state index contributed by atoms with van der Waals surface area (Å²) >= 11 is 0. The molecule has 0 unspecified atom stereocenters. The van der Waals surface area contributed by atoms with Gasteiger partial charge in [-0.05, 0) is 38.5 Å². The second-order valence-corrected chi connectivity index (χ2v) is 4.76. The summed E-state index contributed by atoms with van der Waals surface area (Å²) in [6, 6.07) is 4.93. The molecule has 0 saturated carbocycles. The van der Waals surface area contributed by atoms with E-state index < -0.39 is 5.54 Å². The van der Waals surface area contributed by atoms with Crippen molar-refractivity contribution >= 4 is 11.6 Å². The van der Waals surface area contributed by atoms with E-state index in [1.165, 1.54) is 7.11 Å². The van der Waals surface area contributed by atoms with Gasteiger partial charge in [0.2, 0.25) is 0 Å². The molecule has 0 bridgehead atoms. The van der Waals surface area contributed by atoms with Gasteiger partial charge in [0, 0.05) is 17.8 Å². The third-order valence-electron chi connectivity index (χ3n) is 2.69. The fourth-order valence-electron chi connectivity index (χ4n) is 1.58. The molecule has 4 N–H and O–H groups in total. The lowest BCUT2D eigenvalue weighted by atomic mass is 10.0. The van der Waals surface area contributed by atoms with Gasteiger partial charge in [-0.1, -0.05) is 0 Å². The maximum absolute atomic E-state index is 12.1. The summed E-state index contributed by atoms with van der Waals surface area (Å²) in [5.74, 6) is 0.305. The number of hydrogen-bond acceptors (Lipinski definition) is 4. The van der Waals surface area contributed by atoms with Crippen molar-refractivity contribution in [2.75, 3.05) is 19.5 Å². The van der Waals surface area contributed by atoms with Crippen molar-refractivity contribution in [1.82, 2.24) is 5.32 Å². The van der Waals surface area contributed by atoms with Gasteiger partial charge in [-0.15, -0.1) is 0 Å². The number of ether oxygens (including phenoxy) is 1. The third kappa shape index (κ3) is 3.63. The minimum atomic E-state index is -0.485. The predicted molar refractivity (Wildman–Crippen MR) is 70.7 cm³/mol. The van der Waals surface area contributed by atoms with E-state index in [1.807, 2.05) is 13.8 Å². The first kappa shape index (κ1) is 14.3. The molecule has 0 atom stereocenters.